The molecule has 0 spiro atoms. The van der Waals surface area contributed by atoms with Gasteiger partial charge in [-0.3, -0.25) is 0 Å². The average Bonchev–Trinajstić information content (AvgIpc) is 3.18. The van der Waals surface area contributed by atoms with Crippen LogP contribution in [0.3, 0.4) is 0 Å². The molecule has 1 fully saturated rings. The van der Waals surface area contributed by atoms with Gasteiger partial charge in [0.15, 0.2) is 0 Å². The van der Waals surface area contributed by atoms with Crippen LogP contribution < -0.4 is 5.32 Å². The normalized spacial score (nSPS) is 14.8. The zero-order valence-corrected chi connectivity index (χ0v) is 11.8. The Morgan fingerprint density at radius 2 is 2.05 bits per heavy atom. The van der Waals surface area contributed by atoms with Crippen molar-refractivity contribution in [3.8, 4) is 16.3 Å². The number of thiazole rings is 1. The van der Waals surface area contributed by atoms with Crippen molar-refractivity contribution in [3.63, 3.8) is 0 Å². The van der Waals surface area contributed by atoms with Crippen molar-refractivity contribution < 1.29 is 5.11 Å². The van der Waals surface area contributed by atoms with Crippen LogP contribution in [-0.4, -0.2) is 16.6 Å². The largest absolute Gasteiger partial charge is 0.508 e. The van der Waals surface area contributed by atoms with Crippen molar-refractivity contribution >= 4 is 11.3 Å². The third-order valence-electron chi connectivity index (χ3n) is 3.34. The zero-order valence-electron chi connectivity index (χ0n) is 11.0. The molecule has 3 rings (SSSR count). The Hall–Kier alpha value is -1.39. The Labute approximate surface area is 117 Å². The number of aromatic hydroxyl groups is 1. The molecule has 1 aliphatic rings. The van der Waals surface area contributed by atoms with Crippen LogP contribution in [-0.2, 0) is 6.54 Å². The lowest BCUT2D eigenvalue weighted by Gasteiger charge is -2.00. The molecule has 2 N–H and O–H groups in total. The molecule has 100 valence electrons. The topological polar surface area (TPSA) is 45.1 Å². The van der Waals surface area contributed by atoms with Gasteiger partial charge >= 0.3 is 0 Å². The first kappa shape index (κ1) is 12.6. The Kier molecular flexibility index (Phi) is 3.53. The van der Waals surface area contributed by atoms with Crippen molar-refractivity contribution in [1.29, 1.82) is 0 Å². The summed E-state index contributed by atoms with van der Waals surface area (Å²) in [6.07, 6.45) is 2.55. The smallest absolute Gasteiger partial charge is 0.123 e. The number of benzene rings is 1. The maximum atomic E-state index is 9.35. The second kappa shape index (κ2) is 5.31. The molecule has 0 unspecified atom stereocenters. The summed E-state index contributed by atoms with van der Waals surface area (Å²) in [5.74, 6) is 0.978. The Balaban J connectivity index is 1.91. The average molecular weight is 274 g/mol. The molecule has 0 amide bonds. The number of hydrogen-bond donors (Lipinski definition) is 2. The summed E-state index contributed by atoms with van der Waals surface area (Å²) in [7, 11) is 0. The van der Waals surface area contributed by atoms with Gasteiger partial charge in [0, 0.05) is 22.9 Å². The molecule has 0 radical (unpaired) electrons. The van der Waals surface area contributed by atoms with E-state index in [1.54, 1.807) is 23.5 Å². The van der Waals surface area contributed by atoms with Gasteiger partial charge in [0.05, 0.1) is 5.69 Å². The minimum absolute atomic E-state index is 0.301. The molecule has 2 aromatic rings. The lowest BCUT2D eigenvalue weighted by molar-refractivity contribution is 0.475. The first-order chi connectivity index (χ1) is 9.28. The van der Waals surface area contributed by atoms with E-state index in [1.807, 2.05) is 12.1 Å². The van der Waals surface area contributed by atoms with Crippen molar-refractivity contribution in [2.75, 3.05) is 6.54 Å². The molecule has 0 atom stereocenters. The highest BCUT2D eigenvalue weighted by atomic mass is 32.1. The molecule has 3 nitrogen and oxygen atoms in total. The highest BCUT2D eigenvalue weighted by molar-refractivity contribution is 7.15. The lowest BCUT2D eigenvalue weighted by atomic mass is 10.2. The fourth-order valence-electron chi connectivity index (χ4n) is 2.13. The Morgan fingerprint density at radius 1 is 1.32 bits per heavy atom. The molecule has 4 heteroatoms. The Morgan fingerprint density at radius 3 is 2.68 bits per heavy atom. The number of hydrogen-bond acceptors (Lipinski definition) is 4. The molecule has 0 aliphatic heterocycles. The van der Waals surface area contributed by atoms with Crippen molar-refractivity contribution in [3.05, 3.63) is 34.8 Å². The van der Waals surface area contributed by atoms with Gasteiger partial charge in [-0.15, -0.1) is 11.3 Å². The van der Waals surface area contributed by atoms with E-state index in [0.29, 0.717) is 11.7 Å². The summed E-state index contributed by atoms with van der Waals surface area (Å²) < 4.78 is 0. The summed E-state index contributed by atoms with van der Waals surface area (Å²) in [4.78, 5) is 6.19. The summed E-state index contributed by atoms with van der Waals surface area (Å²) in [6, 6.07) is 7.30. The number of phenolic OH excluding ortho intramolecular Hbond substituents is 1. The number of nitrogens with zero attached hydrogens (tertiary/aromatic N) is 1. The molecule has 19 heavy (non-hydrogen) atoms. The van der Waals surface area contributed by atoms with Gasteiger partial charge in [-0.25, -0.2) is 4.98 Å². The molecular weight excluding hydrogens is 256 g/mol. The SMILES string of the molecule is CCNCc1sc(-c2ccc(O)cc2)nc1C1CC1. The van der Waals surface area contributed by atoms with E-state index < -0.39 is 0 Å². The van der Waals surface area contributed by atoms with Crippen LogP contribution >= 0.6 is 11.3 Å². The molecule has 0 saturated heterocycles. The number of phenols is 1. The fourth-order valence-corrected chi connectivity index (χ4v) is 3.25. The van der Waals surface area contributed by atoms with Crippen molar-refractivity contribution in [1.82, 2.24) is 10.3 Å². The Bertz CT molecular complexity index is 558. The van der Waals surface area contributed by atoms with Gasteiger partial charge in [-0.2, -0.15) is 0 Å². The zero-order chi connectivity index (χ0) is 13.2. The van der Waals surface area contributed by atoms with E-state index >= 15 is 0 Å². The van der Waals surface area contributed by atoms with Gasteiger partial charge in [-0.1, -0.05) is 6.92 Å². The number of rotatable bonds is 5. The molecule has 1 aromatic heterocycles. The van der Waals surface area contributed by atoms with Crippen LogP contribution in [0, 0.1) is 0 Å². The molecular formula is C15H18N2OS. The molecule has 0 bridgehead atoms. The maximum Gasteiger partial charge on any atom is 0.123 e. The van der Waals surface area contributed by atoms with E-state index in [9.17, 15) is 5.11 Å². The highest BCUT2D eigenvalue weighted by Gasteiger charge is 2.29. The van der Waals surface area contributed by atoms with Gasteiger partial charge < -0.3 is 10.4 Å². The second-order valence-electron chi connectivity index (χ2n) is 4.93. The minimum atomic E-state index is 0.301. The summed E-state index contributed by atoms with van der Waals surface area (Å²) >= 11 is 1.77. The van der Waals surface area contributed by atoms with Crippen LogP contribution in [0.2, 0.25) is 0 Å². The van der Waals surface area contributed by atoms with E-state index in [0.717, 1.165) is 23.7 Å². The first-order valence-electron chi connectivity index (χ1n) is 6.77. The van der Waals surface area contributed by atoms with Gasteiger partial charge in [0.2, 0.25) is 0 Å². The lowest BCUT2D eigenvalue weighted by Crippen LogP contribution is -2.11. The maximum absolute atomic E-state index is 9.35. The van der Waals surface area contributed by atoms with Gasteiger partial charge in [0.25, 0.3) is 0 Å². The van der Waals surface area contributed by atoms with Crippen molar-refractivity contribution in [2.24, 2.45) is 0 Å². The first-order valence-corrected chi connectivity index (χ1v) is 7.59. The second-order valence-corrected chi connectivity index (χ2v) is 6.01. The molecule has 1 heterocycles. The third-order valence-corrected chi connectivity index (χ3v) is 4.46. The van der Waals surface area contributed by atoms with E-state index in [4.69, 9.17) is 4.98 Å². The number of aromatic nitrogens is 1. The summed E-state index contributed by atoms with van der Waals surface area (Å²) in [5.41, 5.74) is 2.38. The third kappa shape index (κ3) is 2.80. The van der Waals surface area contributed by atoms with Crippen LogP contribution in [0.15, 0.2) is 24.3 Å². The van der Waals surface area contributed by atoms with Crippen LogP contribution in [0.4, 0.5) is 0 Å². The standard InChI is InChI=1S/C15H18N2OS/c1-2-16-9-13-14(10-3-4-10)17-15(19-13)11-5-7-12(18)8-6-11/h5-8,10,16,18H,2-4,9H2,1H3. The van der Waals surface area contributed by atoms with Gasteiger partial charge in [-0.05, 0) is 43.7 Å². The van der Waals surface area contributed by atoms with E-state index in [1.165, 1.54) is 23.4 Å². The molecule has 1 saturated carbocycles. The minimum Gasteiger partial charge on any atom is -0.508 e. The summed E-state index contributed by atoms with van der Waals surface area (Å²) in [5, 5.41) is 13.8. The van der Waals surface area contributed by atoms with Crippen molar-refractivity contribution in [2.45, 2.75) is 32.2 Å². The van der Waals surface area contributed by atoms with Crippen LogP contribution in [0.25, 0.3) is 10.6 Å². The van der Waals surface area contributed by atoms with E-state index in [2.05, 4.69) is 12.2 Å². The van der Waals surface area contributed by atoms with E-state index in [-0.39, 0.29) is 0 Å². The predicted molar refractivity (Wildman–Crippen MR) is 78.6 cm³/mol. The fraction of sp³-hybridized carbons (Fsp3) is 0.400. The quantitative estimate of drug-likeness (QED) is 0.877. The summed E-state index contributed by atoms with van der Waals surface area (Å²) in [6.45, 7) is 4.02. The van der Waals surface area contributed by atoms with Crippen LogP contribution in [0.5, 0.6) is 5.75 Å². The highest BCUT2D eigenvalue weighted by Crippen LogP contribution is 2.44. The van der Waals surface area contributed by atoms with Crippen LogP contribution in [0.1, 0.15) is 36.3 Å². The number of nitrogens with one attached hydrogen (secondary N) is 1. The monoisotopic (exact) mass is 274 g/mol. The predicted octanol–water partition coefficient (Wildman–Crippen LogP) is 3.50. The van der Waals surface area contributed by atoms with Gasteiger partial charge in [0.1, 0.15) is 10.8 Å². The molecule has 1 aliphatic carbocycles. The molecule has 1 aromatic carbocycles.